The first-order chi connectivity index (χ1) is 8.49. The lowest BCUT2D eigenvalue weighted by molar-refractivity contribution is -0.143. The van der Waals surface area contributed by atoms with Crippen molar-refractivity contribution in [3.8, 4) is 10.8 Å². The molecule has 6 nitrogen and oxygen atoms in total. The molecule has 2 aromatic heterocycles. The van der Waals surface area contributed by atoms with Crippen LogP contribution in [0.15, 0.2) is 21.9 Å². The van der Waals surface area contributed by atoms with E-state index in [1.54, 1.807) is 13.8 Å². The monoisotopic (exact) mass is 267 g/mol. The average Bonchev–Trinajstić information content (AvgIpc) is 2.97. The van der Waals surface area contributed by atoms with E-state index >= 15 is 0 Å². The van der Waals surface area contributed by atoms with E-state index in [0.29, 0.717) is 11.8 Å². The quantitative estimate of drug-likeness (QED) is 0.858. The van der Waals surface area contributed by atoms with E-state index in [2.05, 4.69) is 15.5 Å². The van der Waals surface area contributed by atoms with Crippen molar-refractivity contribution < 1.29 is 14.3 Å². The van der Waals surface area contributed by atoms with Crippen LogP contribution in [0.1, 0.15) is 19.7 Å². The minimum atomic E-state index is -1.03. The molecule has 0 saturated heterocycles. The number of nitrogens with zero attached hydrogens (tertiary/aromatic N) is 2. The molecule has 0 aliphatic rings. The van der Waals surface area contributed by atoms with Gasteiger partial charge in [0.25, 0.3) is 5.89 Å². The number of carboxylic acid groups (broad SMARTS) is 1. The Bertz CT molecular complexity index is 533. The standard InChI is InChI=1S/C11H13N3O3S/c1-11(2,10(15)16)12-6-8-13-14-9(17-8)7-4-3-5-18-7/h3-5,12H,6H2,1-2H3,(H,15,16). The zero-order valence-electron chi connectivity index (χ0n) is 10.0. The topological polar surface area (TPSA) is 88.3 Å². The summed E-state index contributed by atoms with van der Waals surface area (Å²) in [5.41, 5.74) is -1.03. The van der Waals surface area contributed by atoms with Crippen LogP contribution in [0.25, 0.3) is 10.8 Å². The van der Waals surface area contributed by atoms with Gasteiger partial charge in [0.2, 0.25) is 5.89 Å². The first kappa shape index (κ1) is 12.7. The molecule has 18 heavy (non-hydrogen) atoms. The third kappa shape index (κ3) is 2.74. The van der Waals surface area contributed by atoms with Crippen LogP contribution in [-0.4, -0.2) is 26.8 Å². The summed E-state index contributed by atoms with van der Waals surface area (Å²) in [4.78, 5) is 11.8. The number of nitrogens with one attached hydrogen (secondary N) is 1. The van der Waals surface area contributed by atoms with Crippen LogP contribution in [0.5, 0.6) is 0 Å². The van der Waals surface area contributed by atoms with Gasteiger partial charge in [-0.1, -0.05) is 6.07 Å². The summed E-state index contributed by atoms with van der Waals surface area (Å²) in [6, 6.07) is 3.78. The second-order valence-electron chi connectivity index (χ2n) is 4.26. The van der Waals surface area contributed by atoms with Crippen LogP contribution >= 0.6 is 11.3 Å². The predicted octanol–water partition coefficient (Wildman–Crippen LogP) is 1.75. The number of aromatic nitrogens is 2. The molecule has 0 aliphatic heterocycles. The minimum absolute atomic E-state index is 0.220. The van der Waals surface area contributed by atoms with Crippen molar-refractivity contribution >= 4 is 17.3 Å². The van der Waals surface area contributed by atoms with Gasteiger partial charge in [-0.3, -0.25) is 10.1 Å². The van der Waals surface area contributed by atoms with Gasteiger partial charge in [0.1, 0.15) is 5.54 Å². The molecule has 2 heterocycles. The fourth-order valence-corrected chi connectivity index (χ4v) is 1.84. The van der Waals surface area contributed by atoms with Crippen LogP contribution in [-0.2, 0) is 11.3 Å². The number of rotatable bonds is 5. The normalized spacial score (nSPS) is 11.7. The van der Waals surface area contributed by atoms with Crippen LogP contribution in [0.2, 0.25) is 0 Å². The number of carboxylic acids is 1. The molecule has 0 bridgehead atoms. The molecular formula is C11H13N3O3S. The highest BCUT2D eigenvalue weighted by atomic mass is 32.1. The summed E-state index contributed by atoms with van der Waals surface area (Å²) in [5.74, 6) is -0.108. The van der Waals surface area contributed by atoms with Crippen molar-refractivity contribution in [2.24, 2.45) is 0 Å². The molecule has 0 spiro atoms. The summed E-state index contributed by atoms with van der Waals surface area (Å²) >= 11 is 1.51. The van der Waals surface area contributed by atoms with Gasteiger partial charge in [0, 0.05) is 0 Å². The van der Waals surface area contributed by atoms with Crippen molar-refractivity contribution in [2.45, 2.75) is 25.9 Å². The van der Waals surface area contributed by atoms with Gasteiger partial charge in [-0.25, -0.2) is 0 Å². The largest absolute Gasteiger partial charge is 0.480 e. The molecule has 7 heteroatoms. The zero-order valence-corrected chi connectivity index (χ0v) is 10.8. The van der Waals surface area contributed by atoms with Crippen molar-refractivity contribution in [3.05, 3.63) is 23.4 Å². The van der Waals surface area contributed by atoms with Gasteiger partial charge in [-0.05, 0) is 25.3 Å². The minimum Gasteiger partial charge on any atom is -0.480 e. The fraction of sp³-hybridized carbons (Fsp3) is 0.364. The molecule has 0 fully saturated rings. The Morgan fingerprint density at radius 3 is 2.94 bits per heavy atom. The molecule has 96 valence electrons. The Kier molecular flexibility index (Phi) is 3.44. The number of hydrogen-bond acceptors (Lipinski definition) is 6. The Labute approximate surface area is 108 Å². The smallest absolute Gasteiger partial charge is 0.323 e. The van der Waals surface area contributed by atoms with Crippen LogP contribution in [0.3, 0.4) is 0 Å². The average molecular weight is 267 g/mol. The van der Waals surface area contributed by atoms with Gasteiger partial charge in [0.15, 0.2) is 0 Å². The molecule has 0 aliphatic carbocycles. The maximum absolute atomic E-state index is 10.9. The summed E-state index contributed by atoms with van der Waals surface area (Å²) in [5, 5.41) is 21.5. The number of aliphatic carboxylic acids is 1. The molecule has 0 unspecified atom stereocenters. The highest BCUT2D eigenvalue weighted by Crippen LogP contribution is 2.22. The Hall–Kier alpha value is -1.73. The molecule has 0 aromatic carbocycles. The molecule has 0 saturated carbocycles. The lowest BCUT2D eigenvalue weighted by Crippen LogP contribution is -2.46. The zero-order chi connectivity index (χ0) is 13.2. The number of hydrogen-bond donors (Lipinski definition) is 2. The maximum Gasteiger partial charge on any atom is 0.323 e. The summed E-state index contributed by atoms with van der Waals surface area (Å²) < 4.78 is 5.44. The van der Waals surface area contributed by atoms with E-state index in [-0.39, 0.29) is 6.54 Å². The first-order valence-corrected chi connectivity index (χ1v) is 6.22. The van der Waals surface area contributed by atoms with Crippen LogP contribution in [0, 0.1) is 0 Å². The van der Waals surface area contributed by atoms with Gasteiger partial charge in [-0.15, -0.1) is 21.5 Å². The van der Waals surface area contributed by atoms with Crippen molar-refractivity contribution in [3.63, 3.8) is 0 Å². The molecular weight excluding hydrogens is 254 g/mol. The van der Waals surface area contributed by atoms with Crippen molar-refractivity contribution in [1.82, 2.24) is 15.5 Å². The molecule has 0 atom stereocenters. The summed E-state index contributed by atoms with van der Waals surface area (Å²) in [6.45, 7) is 3.37. The van der Waals surface area contributed by atoms with E-state index in [1.807, 2.05) is 17.5 Å². The van der Waals surface area contributed by atoms with Gasteiger partial charge in [0.05, 0.1) is 11.4 Å². The van der Waals surface area contributed by atoms with Gasteiger partial charge in [-0.2, -0.15) is 0 Å². The summed E-state index contributed by atoms with van der Waals surface area (Å²) in [7, 11) is 0. The van der Waals surface area contributed by atoms with E-state index in [4.69, 9.17) is 9.52 Å². The molecule has 2 N–H and O–H groups in total. The molecule has 2 rings (SSSR count). The van der Waals surface area contributed by atoms with Crippen molar-refractivity contribution in [1.29, 1.82) is 0 Å². The Balaban J connectivity index is 2.02. The predicted molar refractivity (Wildman–Crippen MR) is 66.2 cm³/mol. The van der Waals surface area contributed by atoms with E-state index < -0.39 is 11.5 Å². The Morgan fingerprint density at radius 2 is 2.33 bits per heavy atom. The third-order valence-electron chi connectivity index (χ3n) is 2.42. The summed E-state index contributed by atoms with van der Waals surface area (Å²) in [6.07, 6.45) is 0. The van der Waals surface area contributed by atoms with E-state index in [0.717, 1.165) is 4.88 Å². The number of carbonyl (C=O) groups is 1. The van der Waals surface area contributed by atoms with Crippen LogP contribution < -0.4 is 5.32 Å². The van der Waals surface area contributed by atoms with Crippen molar-refractivity contribution in [2.75, 3.05) is 0 Å². The molecule has 2 aromatic rings. The molecule has 0 amide bonds. The SMILES string of the molecule is CC(C)(NCc1nnc(-c2cccs2)o1)C(=O)O. The fourth-order valence-electron chi connectivity index (χ4n) is 1.20. The van der Waals surface area contributed by atoms with Gasteiger partial charge < -0.3 is 9.52 Å². The molecule has 0 radical (unpaired) electrons. The maximum atomic E-state index is 10.9. The highest BCUT2D eigenvalue weighted by molar-refractivity contribution is 7.13. The van der Waals surface area contributed by atoms with Crippen LogP contribution in [0.4, 0.5) is 0 Å². The Morgan fingerprint density at radius 1 is 1.56 bits per heavy atom. The second-order valence-corrected chi connectivity index (χ2v) is 5.21. The first-order valence-electron chi connectivity index (χ1n) is 5.34. The second kappa shape index (κ2) is 4.87. The van der Waals surface area contributed by atoms with E-state index in [1.165, 1.54) is 11.3 Å². The highest BCUT2D eigenvalue weighted by Gasteiger charge is 2.26. The van der Waals surface area contributed by atoms with Gasteiger partial charge >= 0.3 is 5.97 Å². The lowest BCUT2D eigenvalue weighted by atomic mass is 10.1. The third-order valence-corrected chi connectivity index (χ3v) is 3.27. The van der Waals surface area contributed by atoms with E-state index in [9.17, 15) is 4.79 Å². The number of thiophene rings is 1. The lowest BCUT2D eigenvalue weighted by Gasteiger charge is -2.19.